The van der Waals surface area contributed by atoms with E-state index in [-0.39, 0.29) is 30.2 Å². The molecule has 2 aromatic heterocycles. The number of hydrogen-bond acceptors (Lipinski definition) is 3. The lowest BCUT2D eigenvalue weighted by Gasteiger charge is -2.17. The summed E-state index contributed by atoms with van der Waals surface area (Å²) in [6.45, 7) is 1.95. The number of halogens is 2. The third-order valence-electron chi connectivity index (χ3n) is 5.07. The molecular formula is C20H21Cl2N3OS. The van der Waals surface area contributed by atoms with Crippen LogP contribution in [0.3, 0.4) is 0 Å². The normalized spacial score (nSPS) is 19.1. The van der Waals surface area contributed by atoms with Crippen LogP contribution in [0.2, 0.25) is 4.34 Å². The smallest absolute Gasteiger partial charge is 0.256 e. The Morgan fingerprint density at radius 1 is 1.19 bits per heavy atom. The minimum Gasteiger partial charge on any atom is -0.366 e. The van der Waals surface area contributed by atoms with Crippen LogP contribution in [0.15, 0.2) is 54.9 Å². The second-order valence-electron chi connectivity index (χ2n) is 6.61. The van der Waals surface area contributed by atoms with Gasteiger partial charge in [-0.2, -0.15) is 0 Å². The molecule has 0 unspecified atom stereocenters. The van der Waals surface area contributed by atoms with Gasteiger partial charge in [0.15, 0.2) is 0 Å². The summed E-state index contributed by atoms with van der Waals surface area (Å²) in [5, 5.41) is 0. The first kappa shape index (κ1) is 20.0. The fourth-order valence-electron chi connectivity index (χ4n) is 3.73. The zero-order valence-corrected chi connectivity index (χ0v) is 17.0. The Bertz CT molecular complexity index is 909. The Morgan fingerprint density at radius 3 is 2.63 bits per heavy atom. The van der Waals surface area contributed by atoms with Crippen molar-refractivity contribution >= 4 is 41.3 Å². The van der Waals surface area contributed by atoms with Gasteiger partial charge < -0.3 is 15.6 Å². The summed E-state index contributed by atoms with van der Waals surface area (Å²) in [6.07, 6.45) is 3.64. The summed E-state index contributed by atoms with van der Waals surface area (Å²) >= 11 is 7.54. The Balaban J connectivity index is 0.00000210. The molecule has 1 aliphatic rings. The fourth-order valence-corrected chi connectivity index (χ4v) is 4.80. The maximum absolute atomic E-state index is 13.2. The van der Waals surface area contributed by atoms with Crippen molar-refractivity contribution in [2.75, 3.05) is 19.6 Å². The molecule has 3 N–H and O–H groups in total. The molecule has 1 aliphatic heterocycles. The van der Waals surface area contributed by atoms with Crippen LogP contribution in [0, 0.1) is 5.92 Å². The lowest BCUT2D eigenvalue weighted by Crippen LogP contribution is -2.29. The number of amides is 1. The van der Waals surface area contributed by atoms with E-state index in [0.717, 1.165) is 10.4 Å². The van der Waals surface area contributed by atoms with E-state index in [9.17, 15) is 4.79 Å². The van der Waals surface area contributed by atoms with Gasteiger partial charge in [-0.05, 0) is 30.2 Å². The van der Waals surface area contributed by atoms with E-state index >= 15 is 0 Å². The lowest BCUT2D eigenvalue weighted by atomic mass is 9.89. The molecule has 4 rings (SSSR count). The van der Waals surface area contributed by atoms with Gasteiger partial charge in [-0.25, -0.2) is 0 Å². The van der Waals surface area contributed by atoms with Crippen molar-refractivity contribution in [3.8, 4) is 10.4 Å². The molecule has 1 saturated heterocycles. The summed E-state index contributed by atoms with van der Waals surface area (Å²) in [7, 11) is 0. The number of nitrogens with zero attached hydrogens (tertiary/aromatic N) is 1. The van der Waals surface area contributed by atoms with Crippen LogP contribution in [-0.2, 0) is 0 Å². The van der Waals surface area contributed by atoms with Gasteiger partial charge in [-0.1, -0.05) is 41.9 Å². The van der Waals surface area contributed by atoms with Crippen LogP contribution < -0.4 is 5.73 Å². The highest BCUT2D eigenvalue weighted by atomic mass is 35.5. The number of H-pyrrole nitrogens is 1. The van der Waals surface area contributed by atoms with Crippen molar-refractivity contribution < 1.29 is 4.79 Å². The van der Waals surface area contributed by atoms with Gasteiger partial charge >= 0.3 is 0 Å². The quantitative estimate of drug-likeness (QED) is 0.644. The van der Waals surface area contributed by atoms with Crippen molar-refractivity contribution in [2.24, 2.45) is 11.7 Å². The largest absolute Gasteiger partial charge is 0.366 e. The van der Waals surface area contributed by atoms with E-state index in [4.69, 9.17) is 17.3 Å². The molecule has 142 valence electrons. The Labute approximate surface area is 173 Å². The summed E-state index contributed by atoms with van der Waals surface area (Å²) in [6, 6.07) is 14.1. The molecule has 0 bridgehead atoms. The van der Waals surface area contributed by atoms with Crippen LogP contribution in [0.1, 0.15) is 21.8 Å². The lowest BCUT2D eigenvalue weighted by molar-refractivity contribution is 0.0787. The first-order chi connectivity index (χ1) is 12.7. The highest BCUT2D eigenvalue weighted by Gasteiger charge is 2.36. The second-order valence-corrected chi connectivity index (χ2v) is 8.32. The van der Waals surface area contributed by atoms with Gasteiger partial charge in [0.2, 0.25) is 0 Å². The van der Waals surface area contributed by atoms with Gasteiger partial charge in [0.1, 0.15) is 0 Å². The van der Waals surface area contributed by atoms with Crippen LogP contribution in [0.5, 0.6) is 0 Å². The maximum Gasteiger partial charge on any atom is 0.256 e. The van der Waals surface area contributed by atoms with Gasteiger partial charge in [0.25, 0.3) is 5.91 Å². The van der Waals surface area contributed by atoms with E-state index in [1.54, 1.807) is 6.20 Å². The highest BCUT2D eigenvalue weighted by Crippen LogP contribution is 2.36. The Kier molecular flexibility index (Phi) is 6.27. The highest BCUT2D eigenvalue weighted by molar-refractivity contribution is 7.19. The first-order valence-corrected chi connectivity index (χ1v) is 9.83. The predicted molar refractivity (Wildman–Crippen MR) is 114 cm³/mol. The van der Waals surface area contributed by atoms with E-state index in [1.807, 2.05) is 41.4 Å². The monoisotopic (exact) mass is 421 g/mol. The average Bonchev–Trinajstić information content (AvgIpc) is 3.40. The van der Waals surface area contributed by atoms with Gasteiger partial charge in [0, 0.05) is 41.8 Å². The number of nitrogens with one attached hydrogen (secondary N) is 1. The molecular weight excluding hydrogens is 401 g/mol. The van der Waals surface area contributed by atoms with Gasteiger partial charge in [-0.15, -0.1) is 23.7 Å². The third kappa shape index (κ3) is 3.92. The van der Waals surface area contributed by atoms with Crippen molar-refractivity contribution in [3.05, 3.63) is 70.3 Å². The Hall–Kier alpha value is -1.79. The van der Waals surface area contributed by atoms with Crippen molar-refractivity contribution in [1.82, 2.24) is 9.88 Å². The van der Waals surface area contributed by atoms with Gasteiger partial charge in [0.05, 0.1) is 9.90 Å². The first-order valence-electron chi connectivity index (χ1n) is 8.64. The average molecular weight is 422 g/mol. The number of benzene rings is 1. The summed E-state index contributed by atoms with van der Waals surface area (Å²) in [5.74, 6) is 0.603. The molecule has 7 heteroatoms. The van der Waals surface area contributed by atoms with E-state index in [1.165, 1.54) is 16.9 Å². The summed E-state index contributed by atoms with van der Waals surface area (Å²) < 4.78 is 0.716. The molecule has 1 fully saturated rings. The molecule has 1 aromatic carbocycles. The number of aromatic nitrogens is 1. The molecule has 0 radical (unpaired) electrons. The minimum absolute atomic E-state index is 0. The number of likely N-dealkylation sites (tertiary alicyclic amines) is 1. The molecule has 0 saturated carbocycles. The summed E-state index contributed by atoms with van der Waals surface area (Å²) in [4.78, 5) is 19.2. The number of aromatic amines is 1. The number of hydrogen-bond donors (Lipinski definition) is 2. The number of carbonyl (C=O) groups is 1. The molecule has 1 amide bonds. The number of nitrogens with two attached hydrogens (primary N) is 1. The van der Waals surface area contributed by atoms with Crippen LogP contribution in [0.4, 0.5) is 0 Å². The standard InChI is InChI=1S/C20H20ClN3OS.ClH/c21-19-7-6-18(26-19)15-9-23-10-16(15)20(25)24-11-14(8-22)17(12-24)13-4-2-1-3-5-13;/h1-7,9-10,14,17,23H,8,11-12,22H2;1H/t14-,17+;/m1./s1. The molecule has 4 nitrogen and oxygen atoms in total. The van der Waals surface area contributed by atoms with Crippen LogP contribution in [-0.4, -0.2) is 35.4 Å². The molecule has 0 spiro atoms. The number of carbonyl (C=O) groups excluding carboxylic acids is 1. The topological polar surface area (TPSA) is 62.1 Å². The molecule has 27 heavy (non-hydrogen) atoms. The zero-order chi connectivity index (χ0) is 18.1. The Morgan fingerprint density at radius 2 is 1.96 bits per heavy atom. The molecule has 3 aromatic rings. The van der Waals surface area contributed by atoms with E-state index < -0.39 is 0 Å². The third-order valence-corrected chi connectivity index (χ3v) is 6.34. The molecule has 3 heterocycles. The van der Waals surface area contributed by atoms with E-state index in [2.05, 4.69) is 17.1 Å². The van der Waals surface area contributed by atoms with E-state index in [0.29, 0.717) is 29.5 Å². The van der Waals surface area contributed by atoms with Crippen LogP contribution in [0.25, 0.3) is 10.4 Å². The SMILES string of the molecule is Cl.NC[C@@H]1CN(C(=O)c2c[nH]cc2-c2ccc(Cl)s2)C[C@H]1c1ccccc1. The minimum atomic E-state index is 0. The number of rotatable bonds is 4. The van der Waals surface area contributed by atoms with Crippen LogP contribution >= 0.6 is 35.3 Å². The van der Waals surface area contributed by atoms with Gasteiger partial charge in [-0.3, -0.25) is 4.79 Å². The number of thiophene rings is 1. The van der Waals surface area contributed by atoms with Crippen molar-refractivity contribution in [1.29, 1.82) is 0 Å². The van der Waals surface area contributed by atoms with Crippen molar-refractivity contribution in [2.45, 2.75) is 5.92 Å². The predicted octanol–water partition coefficient (Wildman–Crippen LogP) is 4.63. The molecule has 2 atom stereocenters. The fraction of sp³-hybridized carbons (Fsp3) is 0.250. The zero-order valence-electron chi connectivity index (χ0n) is 14.6. The maximum atomic E-state index is 13.2. The summed E-state index contributed by atoms with van der Waals surface area (Å²) in [5.41, 5.74) is 8.85. The molecule has 0 aliphatic carbocycles. The van der Waals surface area contributed by atoms with Crippen molar-refractivity contribution in [3.63, 3.8) is 0 Å². The second kappa shape index (κ2) is 8.48.